The fraction of sp³-hybridized carbons (Fsp3) is 0.325. The van der Waals surface area contributed by atoms with E-state index in [1.54, 1.807) is 36.0 Å². The Labute approximate surface area is 318 Å². The molecule has 1 aliphatic heterocycles. The topological polar surface area (TPSA) is 130 Å². The standard InChI is InChI=1S/C40H44ClN7O4S/c1-26(2)8-15-35-33(24-36(49)42-16-17-48-18-20-52-21-19-48)45-40(53-35)46-39(51)34-23-31(25-47(34)3)43-38(50)28-12-9-27(10-13-28)11-14-30-22-29-6-4-5-7-32(29)44-37(30)41/h4-7,9-14,22-23,25-26H,8,15-21,24H2,1-3H3,(H,42,49)(H,43,50)(H,45,46,51)/b14-11+. The Morgan fingerprint density at radius 2 is 1.75 bits per heavy atom. The molecule has 2 aromatic carbocycles. The molecule has 0 atom stereocenters. The number of hydrogen-bond donors (Lipinski definition) is 3. The van der Waals surface area contributed by atoms with Crippen molar-refractivity contribution >= 4 is 74.5 Å². The van der Waals surface area contributed by atoms with E-state index in [9.17, 15) is 14.4 Å². The van der Waals surface area contributed by atoms with Crippen LogP contribution in [-0.2, 0) is 29.4 Å². The molecule has 0 bridgehead atoms. The zero-order chi connectivity index (χ0) is 37.3. The minimum Gasteiger partial charge on any atom is -0.379 e. The van der Waals surface area contributed by atoms with Gasteiger partial charge in [0.2, 0.25) is 5.91 Å². The summed E-state index contributed by atoms with van der Waals surface area (Å²) in [6.07, 6.45) is 7.38. The third-order valence-electron chi connectivity index (χ3n) is 8.96. The van der Waals surface area contributed by atoms with Crippen LogP contribution in [0, 0.1) is 5.92 Å². The monoisotopic (exact) mass is 753 g/mol. The number of aromatic nitrogens is 3. The summed E-state index contributed by atoms with van der Waals surface area (Å²) < 4.78 is 7.05. The zero-order valence-electron chi connectivity index (χ0n) is 30.2. The molecule has 13 heteroatoms. The molecule has 0 unspecified atom stereocenters. The van der Waals surface area contributed by atoms with E-state index in [2.05, 4.69) is 44.7 Å². The molecule has 0 aliphatic carbocycles. The second kappa shape index (κ2) is 17.8. The lowest BCUT2D eigenvalue weighted by Gasteiger charge is -2.26. The van der Waals surface area contributed by atoms with E-state index in [4.69, 9.17) is 16.3 Å². The number of benzene rings is 2. The number of ether oxygens (including phenoxy) is 1. The SMILES string of the molecule is CC(C)CCc1sc(NC(=O)c2cc(NC(=O)c3ccc(/C=C/c4cc5ccccc5nc4Cl)cc3)cn2C)nc1CC(=O)NCCN1CCOCC1. The number of nitrogens with zero attached hydrogens (tertiary/aromatic N) is 4. The number of carbonyl (C=O) groups is 3. The molecule has 3 N–H and O–H groups in total. The Hall–Kier alpha value is -4.88. The number of para-hydroxylation sites is 1. The highest BCUT2D eigenvalue weighted by molar-refractivity contribution is 7.15. The third kappa shape index (κ3) is 10.4. The number of carbonyl (C=O) groups excluding carboxylic acids is 3. The normalized spacial score (nSPS) is 13.5. The van der Waals surface area contributed by atoms with Crippen molar-refractivity contribution in [3.8, 4) is 0 Å². The Bertz CT molecular complexity index is 2100. The molecule has 6 rings (SSSR count). The van der Waals surface area contributed by atoms with Crippen LogP contribution in [0.25, 0.3) is 23.1 Å². The number of nitrogens with one attached hydrogen (secondary N) is 3. The predicted octanol–water partition coefficient (Wildman–Crippen LogP) is 6.94. The van der Waals surface area contributed by atoms with Crippen molar-refractivity contribution in [1.29, 1.82) is 0 Å². The summed E-state index contributed by atoms with van der Waals surface area (Å²) in [6, 6.07) is 18.6. The number of aryl methyl sites for hydroxylation is 2. The number of halogens is 1. The maximum atomic E-state index is 13.4. The number of hydrogen-bond acceptors (Lipinski definition) is 8. The molecular formula is C40H44ClN7O4S. The number of amides is 3. The van der Waals surface area contributed by atoms with Gasteiger partial charge >= 0.3 is 0 Å². The lowest BCUT2D eigenvalue weighted by atomic mass is 10.1. The molecule has 276 valence electrons. The van der Waals surface area contributed by atoms with Crippen molar-refractivity contribution in [3.05, 3.63) is 105 Å². The molecule has 1 saturated heterocycles. The minimum atomic E-state index is -0.364. The number of fused-ring (bicyclic) bond motifs is 1. The maximum absolute atomic E-state index is 13.4. The van der Waals surface area contributed by atoms with Crippen LogP contribution in [0.5, 0.6) is 0 Å². The van der Waals surface area contributed by atoms with Crippen LogP contribution in [0.4, 0.5) is 10.8 Å². The average Bonchev–Trinajstić information content (AvgIpc) is 3.71. The summed E-state index contributed by atoms with van der Waals surface area (Å²) in [5, 5.41) is 10.7. The van der Waals surface area contributed by atoms with Crippen molar-refractivity contribution in [2.24, 2.45) is 13.0 Å². The van der Waals surface area contributed by atoms with Gasteiger partial charge in [-0.3, -0.25) is 24.6 Å². The summed E-state index contributed by atoms with van der Waals surface area (Å²) >= 11 is 7.80. The fourth-order valence-electron chi connectivity index (χ4n) is 5.96. The van der Waals surface area contributed by atoms with Crippen LogP contribution in [0.2, 0.25) is 5.15 Å². The number of pyridine rings is 1. The largest absolute Gasteiger partial charge is 0.379 e. The number of thiazole rings is 1. The summed E-state index contributed by atoms with van der Waals surface area (Å²) in [5.41, 5.74) is 4.52. The van der Waals surface area contributed by atoms with Crippen molar-refractivity contribution in [2.45, 2.75) is 33.1 Å². The lowest BCUT2D eigenvalue weighted by Crippen LogP contribution is -2.41. The van der Waals surface area contributed by atoms with Crippen LogP contribution >= 0.6 is 22.9 Å². The second-order valence-corrected chi connectivity index (χ2v) is 14.9. The first-order valence-corrected chi connectivity index (χ1v) is 19.0. The van der Waals surface area contributed by atoms with Crippen LogP contribution in [0.15, 0.2) is 66.9 Å². The Balaban J connectivity index is 1.05. The minimum absolute atomic E-state index is 0.0929. The second-order valence-electron chi connectivity index (χ2n) is 13.5. The van der Waals surface area contributed by atoms with Gasteiger partial charge in [0.1, 0.15) is 10.8 Å². The quantitative estimate of drug-likeness (QED) is 0.105. The van der Waals surface area contributed by atoms with E-state index >= 15 is 0 Å². The molecule has 1 aliphatic rings. The van der Waals surface area contributed by atoms with Crippen molar-refractivity contribution in [3.63, 3.8) is 0 Å². The predicted molar refractivity (Wildman–Crippen MR) is 213 cm³/mol. The van der Waals surface area contributed by atoms with Crippen LogP contribution < -0.4 is 16.0 Å². The van der Waals surface area contributed by atoms with Gasteiger partial charge in [-0.2, -0.15) is 0 Å². The highest BCUT2D eigenvalue weighted by Gasteiger charge is 2.20. The first-order valence-electron chi connectivity index (χ1n) is 17.8. The first kappa shape index (κ1) is 37.9. The average molecular weight is 754 g/mol. The Morgan fingerprint density at radius 3 is 2.53 bits per heavy atom. The van der Waals surface area contributed by atoms with E-state index in [0.29, 0.717) is 45.4 Å². The Kier molecular flexibility index (Phi) is 12.7. The van der Waals surface area contributed by atoms with Gasteiger partial charge in [-0.05, 0) is 54.7 Å². The van der Waals surface area contributed by atoms with Crippen LogP contribution in [0.3, 0.4) is 0 Å². The van der Waals surface area contributed by atoms with E-state index in [0.717, 1.165) is 72.6 Å². The van der Waals surface area contributed by atoms with Gasteiger partial charge in [-0.15, -0.1) is 11.3 Å². The number of morpholine rings is 1. The smallest absolute Gasteiger partial charge is 0.274 e. The maximum Gasteiger partial charge on any atom is 0.274 e. The number of rotatable bonds is 14. The van der Waals surface area contributed by atoms with Crippen molar-refractivity contribution in [1.82, 2.24) is 24.8 Å². The summed E-state index contributed by atoms with van der Waals surface area (Å²) in [5.74, 6) is -0.279. The molecular weight excluding hydrogens is 710 g/mol. The highest BCUT2D eigenvalue weighted by atomic mass is 35.5. The van der Waals surface area contributed by atoms with Gasteiger partial charge in [0.15, 0.2) is 5.13 Å². The van der Waals surface area contributed by atoms with Gasteiger partial charge in [0.25, 0.3) is 11.8 Å². The highest BCUT2D eigenvalue weighted by Crippen LogP contribution is 2.27. The van der Waals surface area contributed by atoms with Gasteiger partial charge in [-0.1, -0.05) is 67.9 Å². The van der Waals surface area contributed by atoms with E-state index in [-0.39, 0.29) is 24.1 Å². The first-order chi connectivity index (χ1) is 25.6. The zero-order valence-corrected chi connectivity index (χ0v) is 31.7. The van der Waals surface area contributed by atoms with Crippen molar-refractivity contribution in [2.75, 3.05) is 50.0 Å². The molecule has 3 amide bonds. The van der Waals surface area contributed by atoms with Crippen LogP contribution in [-0.4, -0.2) is 76.5 Å². The van der Waals surface area contributed by atoms with Gasteiger partial charge in [0, 0.05) is 60.8 Å². The van der Waals surface area contributed by atoms with Gasteiger partial charge in [0.05, 0.1) is 36.5 Å². The molecule has 11 nitrogen and oxygen atoms in total. The van der Waals surface area contributed by atoms with E-state index < -0.39 is 0 Å². The van der Waals surface area contributed by atoms with E-state index in [1.807, 2.05) is 54.6 Å². The third-order valence-corrected chi connectivity index (χ3v) is 10.3. The molecule has 1 fully saturated rings. The van der Waals surface area contributed by atoms with Gasteiger partial charge in [-0.25, -0.2) is 9.97 Å². The Morgan fingerprint density at radius 1 is 0.981 bits per heavy atom. The molecule has 0 spiro atoms. The summed E-state index contributed by atoms with van der Waals surface area (Å²) in [7, 11) is 1.74. The molecule has 5 aromatic rings. The molecule has 0 radical (unpaired) electrons. The van der Waals surface area contributed by atoms with Crippen molar-refractivity contribution < 1.29 is 19.1 Å². The molecule has 4 heterocycles. The summed E-state index contributed by atoms with van der Waals surface area (Å²) in [4.78, 5) is 51.8. The fourth-order valence-corrected chi connectivity index (χ4v) is 7.16. The molecule has 53 heavy (non-hydrogen) atoms. The van der Waals surface area contributed by atoms with Gasteiger partial charge < -0.3 is 19.9 Å². The molecule has 0 saturated carbocycles. The molecule has 3 aromatic heterocycles. The number of anilines is 2. The van der Waals surface area contributed by atoms with Crippen LogP contribution in [0.1, 0.15) is 62.8 Å². The summed E-state index contributed by atoms with van der Waals surface area (Å²) in [6.45, 7) is 8.82. The van der Waals surface area contributed by atoms with E-state index in [1.165, 1.54) is 11.3 Å². The lowest BCUT2D eigenvalue weighted by molar-refractivity contribution is -0.120.